The molecule has 3 atom stereocenters. The third-order valence-electron chi connectivity index (χ3n) is 6.94. The summed E-state index contributed by atoms with van der Waals surface area (Å²) in [5.41, 5.74) is 0.645. The molecule has 0 radical (unpaired) electrons. The van der Waals surface area contributed by atoms with Crippen molar-refractivity contribution in [2.24, 2.45) is 11.8 Å². The van der Waals surface area contributed by atoms with Crippen molar-refractivity contribution in [1.82, 2.24) is 14.9 Å². The summed E-state index contributed by atoms with van der Waals surface area (Å²) in [6.45, 7) is 3.46. The van der Waals surface area contributed by atoms with Gasteiger partial charge in [-0.2, -0.15) is 4.98 Å². The van der Waals surface area contributed by atoms with Gasteiger partial charge in [0.2, 0.25) is 5.88 Å². The molecule has 2 fully saturated rings. The van der Waals surface area contributed by atoms with Crippen molar-refractivity contribution < 1.29 is 28.8 Å². The van der Waals surface area contributed by atoms with Crippen molar-refractivity contribution in [1.29, 1.82) is 0 Å². The van der Waals surface area contributed by atoms with E-state index in [9.17, 15) is 5.11 Å². The van der Waals surface area contributed by atoms with Gasteiger partial charge in [0.05, 0.1) is 26.9 Å². The molecule has 0 amide bonds. The monoisotopic (exact) mass is 443 g/mol. The number of methoxy groups -OCH3 is 3. The molecule has 3 aliphatic rings. The second-order valence-corrected chi connectivity index (χ2v) is 8.61. The smallest absolute Gasteiger partial charge is 0.319 e. The zero-order valence-corrected chi connectivity index (χ0v) is 18.7. The largest absolute Gasteiger partial charge is 0.496 e. The topological polar surface area (TPSA) is 95.4 Å². The fourth-order valence-corrected chi connectivity index (χ4v) is 5.42. The molecule has 9 heteroatoms. The van der Waals surface area contributed by atoms with E-state index >= 15 is 0 Å². The van der Waals surface area contributed by atoms with Crippen LogP contribution in [-0.4, -0.2) is 67.6 Å². The van der Waals surface area contributed by atoms with Crippen LogP contribution in [0, 0.1) is 11.8 Å². The van der Waals surface area contributed by atoms with Crippen LogP contribution in [0.2, 0.25) is 0 Å². The van der Waals surface area contributed by atoms with E-state index in [2.05, 4.69) is 14.9 Å². The minimum absolute atomic E-state index is 0.0663. The van der Waals surface area contributed by atoms with Gasteiger partial charge in [0, 0.05) is 43.4 Å². The highest BCUT2D eigenvalue weighted by atomic mass is 16.6. The van der Waals surface area contributed by atoms with Crippen LogP contribution in [-0.2, 0) is 12.1 Å². The molecule has 172 valence electrons. The highest BCUT2D eigenvalue weighted by molar-refractivity contribution is 5.51. The van der Waals surface area contributed by atoms with Gasteiger partial charge in [0.25, 0.3) is 0 Å². The van der Waals surface area contributed by atoms with Gasteiger partial charge in [-0.25, -0.2) is 4.98 Å². The first kappa shape index (κ1) is 21.1. The van der Waals surface area contributed by atoms with Crippen molar-refractivity contribution in [3.63, 3.8) is 0 Å². The molecule has 0 spiro atoms. The number of ether oxygens (including phenoxy) is 5. The average Bonchev–Trinajstić information content (AvgIpc) is 3.37. The molecule has 2 aliphatic heterocycles. The van der Waals surface area contributed by atoms with E-state index in [0.29, 0.717) is 43.5 Å². The third-order valence-corrected chi connectivity index (χ3v) is 6.94. The van der Waals surface area contributed by atoms with Crippen LogP contribution in [0.25, 0.3) is 0 Å². The summed E-state index contributed by atoms with van der Waals surface area (Å²) in [6, 6.07) is 4.13. The van der Waals surface area contributed by atoms with Crippen LogP contribution in [0.3, 0.4) is 0 Å². The second-order valence-electron chi connectivity index (χ2n) is 8.61. The van der Waals surface area contributed by atoms with E-state index in [-0.39, 0.29) is 11.9 Å². The Morgan fingerprint density at radius 2 is 1.88 bits per heavy atom. The quantitative estimate of drug-likeness (QED) is 0.719. The standard InChI is InChI=1S/C23H29N3O6/c1-28-18-9-20-19(31-6-7-32-20)8-15(18)12-26-11-14-4-5-23(27,17(14)13-26)16-10-24-22(30-3)25-21(16)29-2/h8-10,14,17,27H,4-7,11-13H2,1-3H3/t14-,17+,23+/m1/s1. The van der Waals surface area contributed by atoms with Crippen molar-refractivity contribution in [2.75, 3.05) is 47.6 Å². The maximum Gasteiger partial charge on any atom is 0.319 e. The van der Waals surface area contributed by atoms with Gasteiger partial charge in [-0.15, -0.1) is 0 Å². The van der Waals surface area contributed by atoms with E-state index < -0.39 is 5.60 Å². The summed E-state index contributed by atoms with van der Waals surface area (Å²) in [6.07, 6.45) is 3.24. The minimum Gasteiger partial charge on any atom is -0.496 e. The van der Waals surface area contributed by atoms with Crippen LogP contribution in [0.4, 0.5) is 0 Å². The fourth-order valence-electron chi connectivity index (χ4n) is 5.42. The van der Waals surface area contributed by atoms with Gasteiger partial charge in [-0.3, -0.25) is 4.90 Å². The average molecular weight is 444 g/mol. The highest BCUT2D eigenvalue weighted by Crippen LogP contribution is 2.52. The lowest BCUT2D eigenvalue weighted by Crippen LogP contribution is -2.35. The van der Waals surface area contributed by atoms with Crippen LogP contribution in [0.1, 0.15) is 24.0 Å². The Hall–Kier alpha value is -2.78. The number of nitrogens with zero attached hydrogens (tertiary/aromatic N) is 3. The first-order chi connectivity index (χ1) is 15.6. The maximum absolute atomic E-state index is 11.8. The number of likely N-dealkylation sites (tertiary alicyclic amines) is 1. The third kappa shape index (κ3) is 3.49. The van der Waals surface area contributed by atoms with Gasteiger partial charge in [-0.05, 0) is 24.8 Å². The van der Waals surface area contributed by atoms with Gasteiger partial charge < -0.3 is 28.8 Å². The molecule has 5 rings (SSSR count). The number of rotatable bonds is 6. The van der Waals surface area contributed by atoms with Crippen molar-refractivity contribution in [2.45, 2.75) is 25.0 Å². The van der Waals surface area contributed by atoms with E-state index in [1.807, 2.05) is 12.1 Å². The van der Waals surface area contributed by atoms with Crippen molar-refractivity contribution in [3.8, 4) is 29.1 Å². The number of fused-ring (bicyclic) bond motifs is 2. The van der Waals surface area contributed by atoms with E-state index in [1.165, 1.54) is 7.11 Å². The van der Waals surface area contributed by atoms with Crippen LogP contribution >= 0.6 is 0 Å². The van der Waals surface area contributed by atoms with Gasteiger partial charge in [-0.1, -0.05) is 0 Å². The highest BCUT2D eigenvalue weighted by Gasteiger charge is 2.54. The lowest BCUT2D eigenvalue weighted by molar-refractivity contribution is -0.00974. The van der Waals surface area contributed by atoms with Crippen molar-refractivity contribution in [3.05, 3.63) is 29.5 Å². The SMILES string of the molecule is COc1ncc([C@@]2(O)CC[C@@H]3CN(Cc4cc5c(cc4OC)OCCO5)C[C@@H]32)c(OC)n1. The summed E-state index contributed by atoms with van der Waals surface area (Å²) < 4.78 is 27.7. The van der Waals surface area contributed by atoms with Gasteiger partial charge in [0.1, 0.15) is 24.6 Å². The zero-order valence-electron chi connectivity index (χ0n) is 18.7. The molecule has 3 heterocycles. The van der Waals surface area contributed by atoms with Gasteiger partial charge >= 0.3 is 6.01 Å². The number of hydrogen-bond donors (Lipinski definition) is 1. The summed E-state index contributed by atoms with van der Waals surface area (Å²) in [5, 5.41) is 11.8. The van der Waals surface area contributed by atoms with E-state index in [4.69, 9.17) is 23.7 Å². The Morgan fingerprint density at radius 3 is 2.59 bits per heavy atom. The predicted octanol–water partition coefficient (Wildman–Crippen LogP) is 2.00. The van der Waals surface area contributed by atoms with Crippen molar-refractivity contribution >= 4 is 0 Å². The lowest BCUT2D eigenvalue weighted by Gasteiger charge is -2.31. The summed E-state index contributed by atoms with van der Waals surface area (Å²) in [7, 11) is 4.73. The Balaban J connectivity index is 1.38. The Bertz CT molecular complexity index is 1000. The van der Waals surface area contributed by atoms with Gasteiger partial charge in [0.15, 0.2) is 11.5 Å². The maximum atomic E-state index is 11.8. The van der Waals surface area contributed by atoms with Crippen LogP contribution < -0.4 is 23.7 Å². The first-order valence-corrected chi connectivity index (χ1v) is 10.9. The number of aliphatic hydroxyl groups is 1. The molecule has 2 aromatic rings. The predicted molar refractivity (Wildman–Crippen MR) is 115 cm³/mol. The molecule has 32 heavy (non-hydrogen) atoms. The Kier molecular flexibility index (Phi) is 5.46. The van der Waals surface area contributed by atoms with Crippen LogP contribution in [0.15, 0.2) is 18.3 Å². The minimum atomic E-state index is -1.03. The fraction of sp³-hybridized carbons (Fsp3) is 0.565. The van der Waals surface area contributed by atoms with E-state index in [0.717, 1.165) is 42.3 Å². The number of hydrogen-bond acceptors (Lipinski definition) is 9. The molecule has 1 aliphatic carbocycles. The summed E-state index contributed by atoms with van der Waals surface area (Å²) in [4.78, 5) is 10.9. The molecular weight excluding hydrogens is 414 g/mol. The second kappa shape index (κ2) is 8.29. The normalized spacial score (nSPS) is 26.6. The van der Waals surface area contributed by atoms with Crippen LogP contribution in [0.5, 0.6) is 29.1 Å². The summed E-state index contributed by atoms with van der Waals surface area (Å²) in [5.74, 6) is 3.07. The molecule has 1 saturated carbocycles. The lowest BCUT2D eigenvalue weighted by atomic mass is 9.83. The molecule has 0 bridgehead atoms. The Morgan fingerprint density at radius 1 is 1.09 bits per heavy atom. The number of benzene rings is 1. The molecule has 1 aromatic carbocycles. The molecule has 1 saturated heterocycles. The molecule has 1 aromatic heterocycles. The number of aromatic nitrogens is 2. The molecule has 9 nitrogen and oxygen atoms in total. The zero-order chi connectivity index (χ0) is 22.3. The molecule has 1 N–H and O–H groups in total. The first-order valence-electron chi connectivity index (χ1n) is 10.9. The molecule has 0 unspecified atom stereocenters. The van der Waals surface area contributed by atoms with E-state index in [1.54, 1.807) is 20.4 Å². The Labute approximate surface area is 187 Å². The summed E-state index contributed by atoms with van der Waals surface area (Å²) >= 11 is 0. The molecular formula is C23H29N3O6.